The summed E-state index contributed by atoms with van der Waals surface area (Å²) in [4.78, 5) is 13.7. The van der Waals surface area contributed by atoms with E-state index in [1.165, 1.54) is 0 Å². The SMILES string of the molecule is CCCC1(C(=O)O)CCN(c2cc(Cl)ccc2C#N)CC1. The van der Waals surface area contributed by atoms with Gasteiger partial charge >= 0.3 is 5.97 Å². The molecule has 5 heteroatoms. The third kappa shape index (κ3) is 3.14. The van der Waals surface area contributed by atoms with E-state index in [-0.39, 0.29) is 0 Å². The van der Waals surface area contributed by atoms with Gasteiger partial charge in [-0.05, 0) is 37.5 Å². The Bertz CT molecular complexity index is 572. The summed E-state index contributed by atoms with van der Waals surface area (Å²) >= 11 is 6.02. The van der Waals surface area contributed by atoms with Gasteiger partial charge in [-0.2, -0.15) is 5.26 Å². The summed E-state index contributed by atoms with van der Waals surface area (Å²) in [7, 11) is 0. The standard InChI is InChI=1S/C16H19ClN2O2/c1-2-5-16(15(20)21)6-8-19(9-7-16)14-10-13(17)4-3-12(14)11-18/h3-4,10H,2,5-9H2,1H3,(H,20,21). The first kappa shape index (κ1) is 15.7. The molecule has 0 aromatic heterocycles. The lowest BCUT2D eigenvalue weighted by atomic mass is 9.75. The van der Waals surface area contributed by atoms with Crippen molar-refractivity contribution in [1.82, 2.24) is 0 Å². The number of piperidine rings is 1. The maximum atomic E-state index is 11.6. The molecule has 0 bridgehead atoms. The number of hydrogen-bond donors (Lipinski definition) is 1. The topological polar surface area (TPSA) is 64.3 Å². The zero-order valence-corrected chi connectivity index (χ0v) is 12.9. The zero-order chi connectivity index (χ0) is 15.5. The summed E-state index contributed by atoms with van der Waals surface area (Å²) in [5.74, 6) is -0.699. The lowest BCUT2D eigenvalue weighted by Gasteiger charge is -2.40. The third-order valence-corrected chi connectivity index (χ3v) is 4.56. The van der Waals surface area contributed by atoms with Crippen molar-refractivity contribution in [2.24, 2.45) is 5.41 Å². The van der Waals surface area contributed by atoms with Crippen LogP contribution in [0.3, 0.4) is 0 Å². The van der Waals surface area contributed by atoms with Gasteiger partial charge in [-0.25, -0.2) is 0 Å². The summed E-state index contributed by atoms with van der Waals surface area (Å²) in [6.07, 6.45) is 2.78. The minimum absolute atomic E-state index is 0.581. The van der Waals surface area contributed by atoms with Crippen molar-refractivity contribution in [3.05, 3.63) is 28.8 Å². The first-order valence-corrected chi connectivity index (χ1v) is 7.58. The second-order valence-electron chi connectivity index (χ2n) is 5.60. The molecule has 1 aromatic carbocycles. The zero-order valence-electron chi connectivity index (χ0n) is 12.1. The Morgan fingerprint density at radius 3 is 2.67 bits per heavy atom. The molecule has 112 valence electrons. The van der Waals surface area contributed by atoms with E-state index < -0.39 is 11.4 Å². The van der Waals surface area contributed by atoms with Crippen LogP contribution >= 0.6 is 11.6 Å². The molecule has 1 aromatic rings. The van der Waals surface area contributed by atoms with Crippen molar-refractivity contribution in [2.75, 3.05) is 18.0 Å². The second-order valence-corrected chi connectivity index (χ2v) is 6.03. The van der Waals surface area contributed by atoms with Crippen molar-refractivity contribution < 1.29 is 9.90 Å². The van der Waals surface area contributed by atoms with E-state index in [0.29, 0.717) is 42.9 Å². The molecule has 2 rings (SSSR count). The fourth-order valence-corrected chi connectivity index (χ4v) is 3.25. The van der Waals surface area contributed by atoms with E-state index in [9.17, 15) is 15.2 Å². The Hall–Kier alpha value is -1.73. The van der Waals surface area contributed by atoms with Crippen LogP contribution in [0.5, 0.6) is 0 Å². The molecule has 1 aliphatic rings. The highest BCUT2D eigenvalue weighted by Gasteiger charge is 2.40. The van der Waals surface area contributed by atoms with Gasteiger partial charge in [0.25, 0.3) is 0 Å². The first-order chi connectivity index (χ1) is 10.0. The van der Waals surface area contributed by atoms with E-state index in [1.54, 1.807) is 18.2 Å². The number of anilines is 1. The highest BCUT2D eigenvalue weighted by Crippen LogP contribution is 2.38. The molecule has 0 unspecified atom stereocenters. The normalized spacial score (nSPS) is 17.3. The van der Waals surface area contributed by atoms with Crippen molar-refractivity contribution in [3.8, 4) is 6.07 Å². The fourth-order valence-electron chi connectivity index (χ4n) is 3.09. The molecular weight excluding hydrogens is 288 g/mol. The van der Waals surface area contributed by atoms with Crippen LogP contribution in [0.25, 0.3) is 0 Å². The largest absolute Gasteiger partial charge is 0.481 e. The molecule has 21 heavy (non-hydrogen) atoms. The van der Waals surface area contributed by atoms with E-state index >= 15 is 0 Å². The molecule has 0 radical (unpaired) electrons. The third-order valence-electron chi connectivity index (χ3n) is 4.32. The van der Waals surface area contributed by atoms with Gasteiger partial charge in [0.15, 0.2) is 0 Å². The average molecular weight is 307 g/mol. The average Bonchev–Trinajstić information content (AvgIpc) is 2.48. The predicted molar refractivity (Wildman–Crippen MR) is 82.6 cm³/mol. The minimum Gasteiger partial charge on any atom is -0.481 e. The predicted octanol–water partition coefficient (Wildman–Crippen LogP) is 3.68. The number of halogens is 1. The van der Waals surface area contributed by atoms with E-state index in [4.69, 9.17) is 11.6 Å². The molecule has 1 fully saturated rings. The Morgan fingerprint density at radius 2 is 2.14 bits per heavy atom. The van der Waals surface area contributed by atoms with Gasteiger partial charge in [-0.15, -0.1) is 0 Å². The van der Waals surface area contributed by atoms with Crippen molar-refractivity contribution in [1.29, 1.82) is 5.26 Å². The second kappa shape index (κ2) is 6.36. The van der Waals surface area contributed by atoms with Gasteiger partial charge in [0.1, 0.15) is 6.07 Å². The summed E-state index contributed by atoms with van der Waals surface area (Å²) in [6.45, 7) is 3.30. The number of nitriles is 1. The van der Waals surface area contributed by atoms with Gasteiger partial charge in [0, 0.05) is 18.1 Å². The van der Waals surface area contributed by atoms with E-state index in [2.05, 4.69) is 11.0 Å². The number of hydrogen-bond acceptors (Lipinski definition) is 3. The number of benzene rings is 1. The monoisotopic (exact) mass is 306 g/mol. The first-order valence-electron chi connectivity index (χ1n) is 7.20. The van der Waals surface area contributed by atoms with Gasteiger partial charge in [-0.1, -0.05) is 24.9 Å². The molecule has 0 aliphatic carbocycles. The summed E-state index contributed by atoms with van der Waals surface area (Å²) in [5.41, 5.74) is 0.773. The molecule has 0 amide bonds. The quantitative estimate of drug-likeness (QED) is 0.921. The van der Waals surface area contributed by atoms with Crippen molar-refractivity contribution >= 4 is 23.3 Å². The van der Waals surface area contributed by atoms with Crippen molar-refractivity contribution in [2.45, 2.75) is 32.6 Å². The van der Waals surface area contributed by atoms with Crippen LogP contribution < -0.4 is 4.90 Å². The van der Waals surface area contributed by atoms with Crippen LogP contribution in [0.15, 0.2) is 18.2 Å². The minimum atomic E-state index is -0.699. The van der Waals surface area contributed by atoms with Crippen LogP contribution in [0.1, 0.15) is 38.2 Å². The molecule has 0 atom stereocenters. The van der Waals surface area contributed by atoms with Gasteiger partial charge in [0.2, 0.25) is 0 Å². The van der Waals surface area contributed by atoms with Crippen LogP contribution in [-0.2, 0) is 4.79 Å². The highest BCUT2D eigenvalue weighted by atomic mass is 35.5. The summed E-state index contributed by atoms with van der Waals surface area (Å²) in [5, 5.41) is 19.3. The Balaban J connectivity index is 2.19. The van der Waals surface area contributed by atoms with Crippen LogP contribution in [0.4, 0.5) is 5.69 Å². The van der Waals surface area contributed by atoms with Crippen LogP contribution in [-0.4, -0.2) is 24.2 Å². The Morgan fingerprint density at radius 1 is 1.48 bits per heavy atom. The number of carboxylic acid groups (broad SMARTS) is 1. The van der Waals surface area contributed by atoms with Gasteiger partial charge in [0.05, 0.1) is 16.7 Å². The summed E-state index contributed by atoms with van der Waals surface area (Å²) in [6, 6.07) is 7.37. The fraction of sp³-hybridized carbons (Fsp3) is 0.500. The van der Waals surface area contributed by atoms with E-state index in [1.807, 2.05) is 6.92 Å². The lowest BCUT2D eigenvalue weighted by molar-refractivity contribution is -0.150. The van der Waals surface area contributed by atoms with Crippen LogP contribution in [0, 0.1) is 16.7 Å². The lowest BCUT2D eigenvalue weighted by Crippen LogP contribution is -2.44. The molecule has 4 nitrogen and oxygen atoms in total. The number of carbonyl (C=O) groups is 1. The number of carboxylic acids is 1. The van der Waals surface area contributed by atoms with Gasteiger partial charge < -0.3 is 10.0 Å². The van der Waals surface area contributed by atoms with Gasteiger partial charge in [-0.3, -0.25) is 4.79 Å². The summed E-state index contributed by atoms with van der Waals surface area (Å²) < 4.78 is 0. The van der Waals surface area contributed by atoms with Crippen LogP contribution in [0.2, 0.25) is 5.02 Å². The maximum absolute atomic E-state index is 11.6. The molecule has 1 aliphatic heterocycles. The number of rotatable bonds is 4. The van der Waals surface area contributed by atoms with Crippen molar-refractivity contribution in [3.63, 3.8) is 0 Å². The maximum Gasteiger partial charge on any atom is 0.309 e. The molecule has 1 N–H and O–H groups in total. The molecular formula is C16H19ClN2O2. The highest BCUT2D eigenvalue weighted by molar-refractivity contribution is 6.30. The molecule has 1 heterocycles. The smallest absolute Gasteiger partial charge is 0.309 e. The molecule has 1 saturated heterocycles. The molecule has 0 saturated carbocycles. The molecule has 0 spiro atoms. The Labute approximate surface area is 129 Å². The number of aliphatic carboxylic acids is 1. The Kier molecular flexibility index (Phi) is 4.74. The number of nitrogens with zero attached hydrogens (tertiary/aromatic N) is 2. The van der Waals surface area contributed by atoms with E-state index in [0.717, 1.165) is 12.1 Å².